The number of rotatable bonds is 4. The van der Waals surface area contributed by atoms with Crippen LogP contribution in [0.2, 0.25) is 0 Å². The smallest absolute Gasteiger partial charge is 0.265 e. The van der Waals surface area contributed by atoms with Crippen molar-refractivity contribution in [2.45, 2.75) is 26.9 Å². The van der Waals surface area contributed by atoms with Gasteiger partial charge in [-0.1, -0.05) is 18.2 Å². The Morgan fingerprint density at radius 2 is 1.86 bits per heavy atom. The van der Waals surface area contributed by atoms with Gasteiger partial charge in [-0.2, -0.15) is 0 Å². The lowest BCUT2D eigenvalue weighted by Crippen LogP contribution is -2.30. The Kier molecular flexibility index (Phi) is 4.48. The van der Waals surface area contributed by atoms with Crippen molar-refractivity contribution in [1.82, 2.24) is 0 Å². The molecule has 0 bridgehead atoms. The average Bonchev–Trinajstić information content (AvgIpc) is 2.41. The van der Waals surface area contributed by atoms with E-state index in [0.717, 1.165) is 11.1 Å². The first kappa shape index (κ1) is 14.9. The standard InChI is InChI=1S/C17H19NO3/c1-11-5-4-6-14(9-11)21-13(3)17(20)18-15-8-7-12(2)10-16(15)19/h4-10,13,19H,1-3H3,(H,18,20)/t13-/m0/s1. The highest BCUT2D eigenvalue weighted by Gasteiger charge is 2.16. The largest absolute Gasteiger partial charge is 0.506 e. The number of amides is 1. The molecule has 2 rings (SSSR count). The molecule has 0 heterocycles. The number of hydrogen-bond donors (Lipinski definition) is 2. The third kappa shape index (κ3) is 3.99. The van der Waals surface area contributed by atoms with Crippen molar-refractivity contribution in [2.75, 3.05) is 5.32 Å². The summed E-state index contributed by atoms with van der Waals surface area (Å²) in [6.45, 7) is 5.50. The molecule has 0 aliphatic rings. The number of aromatic hydroxyl groups is 1. The first-order valence-electron chi connectivity index (χ1n) is 6.79. The Morgan fingerprint density at radius 1 is 1.14 bits per heavy atom. The van der Waals surface area contributed by atoms with Crippen LogP contribution in [0, 0.1) is 13.8 Å². The molecule has 4 nitrogen and oxygen atoms in total. The van der Waals surface area contributed by atoms with Crippen molar-refractivity contribution < 1.29 is 14.6 Å². The number of nitrogens with one attached hydrogen (secondary N) is 1. The Morgan fingerprint density at radius 3 is 2.52 bits per heavy atom. The molecule has 110 valence electrons. The topological polar surface area (TPSA) is 58.6 Å². The highest BCUT2D eigenvalue weighted by molar-refractivity contribution is 5.95. The zero-order valence-electron chi connectivity index (χ0n) is 12.4. The number of aryl methyl sites for hydroxylation is 2. The second-order valence-electron chi connectivity index (χ2n) is 5.09. The molecule has 1 amide bonds. The fourth-order valence-electron chi connectivity index (χ4n) is 1.93. The lowest BCUT2D eigenvalue weighted by molar-refractivity contribution is -0.122. The number of phenolic OH excluding ortho intramolecular Hbond substituents is 1. The fraction of sp³-hybridized carbons (Fsp3) is 0.235. The number of ether oxygens (including phenoxy) is 1. The Balaban J connectivity index is 2.02. The zero-order valence-corrected chi connectivity index (χ0v) is 12.4. The molecular weight excluding hydrogens is 266 g/mol. The molecule has 2 aromatic rings. The second kappa shape index (κ2) is 6.31. The van der Waals surface area contributed by atoms with E-state index in [1.807, 2.05) is 38.1 Å². The highest BCUT2D eigenvalue weighted by Crippen LogP contribution is 2.24. The van der Waals surface area contributed by atoms with Crippen LogP contribution in [0.5, 0.6) is 11.5 Å². The Labute approximate surface area is 124 Å². The van der Waals surface area contributed by atoms with Gasteiger partial charge in [0.05, 0.1) is 5.69 Å². The quantitative estimate of drug-likeness (QED) is 0.846. The van der Waals surface area contributed by atoms with Crippen LogP contribution in [0.25, 0.3) is 0 Å². The summed E-state index contributed by atoms with van der Waals surface area (Å²) < 4.78 is 5.60. The SMILES string of the molecule is Cc1cccc(O[C@@H](C)C(=O)Nc2ccc(C)cc2O)c1. The van der Waals surface area contributed by atoms with Crippen LogP contribution >= 0.6 is 0 Å². The number of carbonyl (C=O) groups is 1. The van der Waals surface area contributed by atoms with Crippen molar-refractivity contribution in [1.29, 1.82) is 0 Å². The van der Waals surface area contributed by atoms with Crippen LogP contribution in [-0.2, 0) is 4.79 Å². The average molecular weight is 285 g/mol. The molecule has 0 aliphatic heterocycles. The van der Waals surface area contributed by atoms with E-state index in [9.17, 15) is 9.90 Å². The van der Waals surface area contributed by atoms with Crippen molar-refractivity contribution in [3.05, 3.63) is 53.6 Å². The molecule has 0 unspecified atom stereocenters. The highest BCUT2D eigenvalue weighted by atomic mass is 16.5. The summed E-state index contributed by atoms with van der Waals surface area (Å²) in [5.41, 5.74) is 2.37. The number of hydrogen-bond acceptors (Lipinski definition) is 3. The first-order valence-corrected chi connectivity index (χ1v) is 6.79. The van der Waals surface area contributed by atoms with Crippen LogP contribution in [0.3, 0.4) is 0 Å². The van der Waals surface area contributed by atoms with Crippen LogP contribution in [0.1, 0.15) is 18.1 Å². The predicted molar refractivity (Wildman–Crippen MR) is 82.7 cm³/mol. The third-order valence-electron chi connectivity index (χ3n) is 3.08. The normalized spacial score (nSPS) is 11.8. The van der Waals surface area contributed by atoms with Gasteiger partial charge in [-0.25, -0.2) is 0 Å². The molecule has 2 aromatic carbocycles. The number of carbonyl (C=O) groups excluding carboxylic acids is 1. The minimum Gasteiger partial charge on any atom is -0.506 e. The van der Waals surface area contributed by atoms with Gasteiger partial charge >= 0.3 is 0 Å². The molecule has 0 saturated heterocycles. The van der Waals surface area contributed by atoms with Gasteiger partial charge in [0.1, 0.15) is 11.5 Å². The van der Waals surface area contributed by atoms with Crippen molar-refractivity contribution >= 4 is 11.6 Å². The molecule has 2 N–H and O–H groups in total. The van der Waals surface area contributed by atoms with Crippen LogP contribution in [0.15, 0.2) is 42.5 Å². The van der Waals surface area contributed by atoms with Gasteiger partial charge in [0.15, 0.2) is 6.10 Å². The summed E-state index contributed by atoms with van der Waals surface area (Å²) in [5, 5.41) is 12.5. The minimum atomic E-state index is -0.660. The third-order valence-corrected chi connectivity index (χ3v) is 3.08. The van der Waals surface area contributed by atoms with Crippen LogP contribution in [-0.4, -0.2) is 17.1 Å². The molecular formula is C17H19NO3. The predicted octanol–water partition coefficient (Wildman–Crippen LogP) is 3.42. The zero-order chi connectivity index (χ0) is 15.4. The van der Waals surface area contributed by atoms with Crippen LogP contribution in [0.4, 0.5) is 5.69 Å². The molecule has 0 radical (unpaired) electrons. The van der Waals surface area contributed by atoms with Gasteiger partial charge in [0.2, 0.25) is 0 Å². The van der Waals surface area contributed by atoms with Crippen LogP contribution < -0.4 is 10.1 Å². The van der Waals surface area contributed by atoms with E-state index < -0.39 is 6.10 Å². The van der Waals surface area contributed by atoms with Gasteiger partial charge < -0.3 is 15.2 Å². The fourth-order valence-corrected chi connectivity index (χ4v) is 1.93. The first-order chi connectivity index (χ1) is 9.95. The molecule has 1 atom stereocenters. The maximum atomic E-state index is 12.1. The van der Waals surface area contributed by atoms with Gasteiger partial charge in [-0.05, 0) is 56.2 Å². The van der Waals surface area contributed by atoms with Gasteiger partial charge in [0.25, 0.3) is 5.91 Å². The molecule has 0 fully saturated rings. The Hall–Kier alpha value is -2.49. The summed E-state index contributed by atoms with van der Waals surface area (Å²) in [6, 6.07) is 12.6. The molecule has 0 aromatic heterocycles. The van der Waals surface area contributed by atoms with Gasteiger partial charge in [-0.3, -0.25) is 4.79 Å². The van der Waals surface area contributed by atoms with E-state index in [-0.39, 0.29) is 11.7 Å². The second-order valence-corrected chi connectivity index (χ2v) is 5.09. The molecule has 0 aliphatic carbocycles. The maximum absolute atomic E-state index is 12.1. The summed E-state index contributed by atoms with van der Waals surface area (Å²) in [6.07, 6.45) is -0.660. The molecule has 0 spiro atoms. The number of phenols is 1. The summed E-state index contributed by atoms with van der Waals surface area (Å²) >= 11 is 0. The van der Waals surface area contributed by atoms with E-state index in [2.05, 4.69) is 5.32 Å². The lowest BCUT2D eigenvalue weighted by Gasteiger charge is -2.15. The van der Waals surface area contributed by atoms with E-state index >= 15 is 0 Å². The van der Waals surface area contributed by atoms with E-state index in [1.165, 1.54) is 0 Å². The van der Waals surface area contributed by atoms with E-state index in [0.29, 0.717) is 11.4 Å². The number of anilines is 1. The molecule has 4 heteroatoms. The maximum Gasteiger partial charge on any atom is 0.265 e. The summed E-state index contributed by atoms with van der Waals surface area (Å²) in [4.78, 5) is 12.1. The minimum absolute atomic E-state index is 0.0473. The number of benzene rings is 2. The summed E-state index contributed by atoms with van der Waals surface area (Å²) in [7, 11) is 0. The molecule has 0 saturated carbocycles. The van der Waals surface area contributed by atoms with Crippen molar-refractivity contribution in [3.8, 4) is 11.5 Å². The molecule has 21 heavy (non-hydrogen) atoms. The Bertz CT molecular complexity index is 652. The van der Waals surface area contributed by atoms with Gasteiger partial charge in [-0.15, -0.1) is 0 Å². The van der Waals surface area contributed by atoms with Crippen molar-refractivity contribution in [2.24, 2.45) is 0 Å². The van der Waals surface area contributed by atoms with E-state index in [4.69, 9.17) is 4.74 Å². The van der Waals surface area contributed by atoms with E-state index in [1.54, 1.807) is 25.1 Å². The lowest BCUT2D eigenvalue weighted by atomic mass is 10.2. The van der Waals surface area contributed by atoms with Crippen molar-refractivity contribution in [3.63, 3.8) is 0 Å². The summed E-state index contributed by atoms with van der Waals surface area (Å²) in [5.74, 6) is 0.382. The monoisotopic (exact) mass is 285 g/mol. The van der Waals surface area contributed by atoms with Gasteiger partial charge in [0, 0.05) is 0 Å².